The van der Waals surface area contributed by atoms with Gasteiger partial charge in [0.2, 0.25) is 0 Å². The first-order valence-corrected chi connectivity index (χ1v) is 10.2. The predicted octanol–water partition coefficient (Wildman–Crippen LogP) is 2.59. The zero-order valence-corrected chi connectivity index (χ0v) is 16.2. The summed E-state index contributed by atoms with van der Waals surface area (Å²) in [6.45, 7) is 4.09. The second-order valence-electron chi connectivity index (χ2n) is 6.17. The average molecular weight is 378 g/mol. The molecule has 5 nitrogen and oxygen atoms in total. The van der Waals surface area contributed by atoms with Crippen molar-refractivity contribution < 1.29 is 19.1 Å². The van der Waals surface area contributed by atoms with E-state index < -0.39 is 0 Å². The molecule has 0 saturated carbocycles. The van der Waals surface area contributed by atoms with Crippen molar-refractivity contribution in [3.8, 4) is 0 Å². The molecule has 1 aliphatic rings. The molecular weight excluding hydrogens is 346 g/mol. The van der Waals surface area contributed by atoms with Crippen molar-refractivity contribution in [2.45, 2.75) is 44.9 Å². The molecular formula is C17H31NO4S2. The number of hydrogen-bond donors (Lipinski definition) is 2. The van der Waals surface area contributed by atoms with E-state index in [0.29, 0.717) is 43.5 Å². The van der Waals surface area contributed by atoms with Gasteiger partial charge in [0.05, 0.1) is 0 Å². The van der Waals surface area contributed by atoms with E-state index in [1.165, 1.54) is 25.9 Å². The molecule has 1 saturated heterocycles. The Morgan fingerprint density at radius 2 is 1.38 bits per heavy atom. The van der Waals surface area contributed by atoms with Crippen molar-refractivity contribution >= 4 is 37.2 Å². The van der Waals surface area contributed by atoms with Crippen molar-refractivity contribution in [1.82, 2.24) is 4.90 Å². The van der Waals surface area contributed by atoms with Crippen LogP contribution in [0.3, 0.4) is 0 Å². The summed E-state index contributed by atoms with van der Waals surface area (Å²) in [5.74, 6) is 1.08. The first kappa shape index (κ1) is 21.6. The molecule has 0 unspecified atom stereocenters. The van der Waals surface area contributed by atoms with E-state index in [4.69, 9.17) is 9.47 Å². The van der Waals surface area contributed by atoms with E-state index in [-0.39, 0.29) is 11.9 Å². The quantitative estimate of drug-likeness (QED) is 0.382. The molecule has 0 radical (unpaired) electrons. The van der Waals surface area contributed by atoms with Gasteiger partial charge in [0.1, 0.15) is 13.2 Å². The minimum absolute atomic E-state index is 0.173. The number of carbonyl (C=O) groups is 2. The summed E-state index contributed by atoms with van der Waals surface area (Å²) in [5.41, 5.74) is 0. The molecule has 0 aliphatic carbocycles. The molecule has 24 heavy (non-hydrogen) atoms. The Balaban J connectivity index is 2.33. The molecule has 1 aliphatic heterocycles. The first-order chi connectivity index (χ1) is 11.7. The van der Waals surface area contributed by atoms with Gasteiger partial charge < -0.3 is 14.4 Å². The van der Waals surface area contributed by atoms with Gasteiger partial charge >= 0.3 is 11.9 Å². The van der Waals surface area contributed by atoms with Gasteiger partial charge in [-0.2, -0.15) is 25.3 Å². The van der Waals surface area contributed by atoms with Crippen molar-refractivity contribution in [2.75, 3.05) is 44.4 Å². The van der Waals surface area contributed by atoms with Crippen molar-refractivity contribution in [1.29, 1.82) is 0 Å². The second-order valence-corrected chi connectivity index (χ2v) is 7.06. The Morgan fingerprint density at radius 1 is 0.875 bits per heavy atom. The van der Waals surface area contributed by atoms with Gasteiger partial charge in [-0.25, -0.2) is 0 Å². The molecule has 1 fully saturated rings. The molecule has 0 atom stereocenters. The van der Waals surface area contributed by atoms with Crippen LogP contribution in [0.5, 0.6) is 0 Å². The van der Waals surface area contributed by atoms with Crippen LogP contribution in [-0.4, -0.2) is 61.2 Å². The van der Waals surface area contributed by atoms with E-state index in [1.54, 1.807) is 0 Å². The first-order valence-electron chi connectivity index (χ1n) is 8.91. The molecule has 1 rings (SSSR count). The molecule has 0 spiro atoms. The summed E-state index contributed by atoms with van der Waals surface area (Å²) < 4.78 is 10.1. The highest BCUT2D eigenvalue weighted by Crippen LogP contribution is 2.20. The fraction of sp³-hybridized carbons (Fsp3) is 0.882. The molecule has 0 aromatic carbocycles. The molecule has 0 aromatic heterocycles. The minimum atomic E-state index is -0.173. The maximum Gasteiger partial charge on any atom is 0.305 e. The Bertz CT molecular complexity index is 338. The van der Waals surface area contributed by atoms with E-state index >= 15 is 0 Å². The van der Waals surface area contributed by atoms with E-state index in [2.05, 4.69) is 30.2 Å². The predicted molar refractivity (Wildman–Crippen MR) is 102 cm³/mol. The van der Waals surface area contributed by atoms with Crippen LogP contribution in [0, 0.1) is 5.92 Å². The van der Waals surface area contributed by atoms with Gasteiger partial charge in [-0.3, -0.25) is 9.59 Å². The molecule has 0 bridgehead atoms. The van der Waals surface area contributed by atoms with Crippen molar-refractivity contribution in [3.63, 3.8) is 0 Å². The minimum Gasteiger partial charge on any atom is -0.465 e. The van der Waals surface area contributed by atoms with Crippen LogP contribution in [0.2, 0.25) is 0 Å². The van der Waals surface area contributed by atoms with Crippen LogP contribution >= 0.6 is 25.3 Å². The number of nitrogens with zero attached hydrogens (tertiary/aromatic N) is 1. The lowest BCUT2D eigenvalue weighted by molar-refractivity contribution is -0.143. The van der Waals surface area contributed by atoms with E-state index in [1.807, 2.05) is 0 Å². The van der Waals surface area contributed by atoms with Gasteiger partial charge in [-0.05, 0) is 57.7 Å². The lowest BCUT2D eigenvalue weighted by Gasteiger charge is -2.20. The third kappa shape index (κ3) is 10.5. The van der Waals surface area contributed by atoms with Crippen LogP contribution in [0.25, 0.3) is 0 Å². The Hall–Kier alpha value is -0.400. The van der Waals surface area contributed by atoms with Crippen LogP contribution < -0.4 is 0 Å². The molecule has 0 N–H and O–H groups in total. The average Bonchev–Trinajstić information content (AvgIpc) is 3.10. The zero-order valence-electron chi connectivity index (χ0n) is 14.5. The Kier molecular flexibility index (Phi) is 12.5. The highest BCUT2D eigenvalue weighted by atomic mass is 32.1. The van der Waals surface area contributed by atoms with Crippen LogP contribution in [-0.2, 0) is 19.1 Å². The van der Waals surface area contributed by atoms with Gasteiger partial charge in [-0.15, -0.1) is 0 Å². The van der Waals surface area contributed by atoms with Crippen molar-refractivity contribution in [3.05, 3.63) is 0 Å². The molecule has 1 heterocycles. The fourth-order valence-corrected chi connectivity index (χ4v) is 3.09. The number of rotatable bonds is 13. The summed E-state index contributed by atoms with van der Waals surface area (Å²) in [5, 5.41) is 0. The number of thiol groups is 2. The van der Waals surface area contributed by atoms with E-state index in [9.17, 15) is 9.59 Å². The summed E-state index contributed by atoms with van der Waals surface area (Å²) >= 11 is 8.06. The summed E-state index contributed by atoms with van der Waals surface area (Å²) in [7, 11) is 0. The van der Waals surface area contributed by atoms with E-state index in [0.717, 1.165) is 25.8 Å². The molecule has 7 heteroatoms. The van der Waals surface area contributed by atoms with Crippen LogP contribution in [0.4, 0.5) is 0 Å². The van der Waals surface area contributed by atoms with Gasteiger partial charge in [0, 0.05) is 24.3 Å². The number of hydrogen-bond acceptors (Lipinski definition) is 7. The number of carbonyl (C=O) groups excluding carboxylic acids is 2. The summed E-state index contributed by atoms with van der Waals surface area (Å²) in [6.07, 6.45) is 5.90. The highest BCUT2D eigenvalue weighted by molar-refractivity contribution is 7.80. The maximum absolute atomic E-state index is 11.7. The summed E-state index contributed by atoms with van der Waals surface area (Å²) in [6, 6.07) is 0. The highest BCUT2D eigenvalue weighted by Gasteiger charge is 2.18. The zero-order chi connectivity index (χ0) is 17.6. The SMILES string of the molecule is O=C(CCC(CCC(=O)OCCS)CCN1CCCC1)OCCS. The van der Waals surface area contributed by atoms with Gasteiger partial charge in [-0.1, -0.05) is 0 Å². The largest absolute Gasteiger partial charge is 0.465 e. The standard InChI is InChI=1S/C17H31NO4S2/c19-16(21-11-13-23)5-3-15(4-6-17(20)22-12-14-24)7-10-18-8-1-2-9-18/h15,23-24H,1-14H2. The Morgan fingerprint density at radius 3 is 1.83 bits per heavy atom. The second kappa shape index (κ2) is 13.8. The topological polar surface area (TPSA) is 55.8 Å². The number of ether oxygens (including phenoxy) is 2. The number of esters is 2. The lowest BCUT2D eigenvalue weighted by Crippen LogP contribution is -2.23. The monoisotopic (exact) mass is 377 g/mol. The number of likely N-dealkylation sites (tertiary alicyclic amines) is 1. The summed E-state index contributed by atoms with van der Waals surface area (Å²) in [4.78, 5) is 25.8. The third-order valence-corrected chi connectivity index (χ3v) is 4.64. The van der Waals surface area contributed by atoms with Crippen molar-refractivity contribution in [2.24, 2.45) is 5.92 Å². The van der Waals surface area contributed by atoms with Gasteiger partial charge in [0.15, 0.2) is 0 Å². The van der Waals surface area contributed by atoms with Crippen LogP contribution in [0.15, 0.2) is 0 Å². The molecule has 0 amide bonds. The fourth-order valence-electron chi connectivity index (χ4n) is 2.91. The van der Waals surface area contributed by atoms with Gasteiger partial charge in [0.25, 0.3) is 0 Å². The normalized spacial score (nSPS) is 15.0. The lowest BCUT2D eigenvalue weighted by atomic mass is 9.94. The molecule has 140 valence electrons. The third-order valence-electron chi connectivity index (χ3n) is 4.27. The molecule has 0 aromatic rings. The smallest absolute Gasteiger partial charge is 0.305 e. The van der Waals surface area contributed by atoms with Crippen LogP contribution in [0.1, 0.15) is 44.9 Å². The maximum atomic E-state index is 11.7. The Labute approximate surface area is 156 Å².